The summed E-state index contributed by atoms with van der Waals surface area (Å²) in [6.45, 7) is 0.139. The molecule has 8 heteroatoms. The number of para-hydroxylation sites is 1. The van der Waals surface area contributed by atoms with Crippen molar-refractivity contribution in [2.75, 3.05) is 4.90 Å². The average Bonchev–Trinajstić information content (AvgIpc) is 2.96. The Bertz CT molecular complexity index is 1140. The quantitative estimate of drug-likeness (QED) is 0.439. The SMILES string of the molecule is O=C1C(=Nc2ccc(C(F)(F)F)cc2)c2ccccc2N1Cc1c(Cl)cccc1Cl. The highest BCUT2D eigenvalue weighted by Gasteiger charge is 2.34. The van der Waals surface area contributed by atoms with Crippen molar-refractivity contribution in [2.24, 2.45) is 4.99 Å². The Morgan fingerprint density at radius 1 is 0.867 bits per heavy atom. The lowest BCUT2D eigenvalue weighted by Crippen LogP contribution is -2.29. The third-order valence-electron chi connectivity index (χ3n) is 4.71. The van der Waals surface area contributed by atoms with E-state index < -0.39 is 11.7 Å². The largest absolute Gasteiger partial charge is 0.416 e. The first-order valence-electron chi connectivity index (χ1n) is 8.86. The number of hydrogen-bond acceptors (Lipinski definition) is 2. The predicted octanol–water partition coefficient (Wildman–Crippen LogP) is 6.68. The summed E-state index contributed by atoms with van der Waals surface area (Å²) in [5, 5.41) is 0.863. The summed E-state index contributed by atoms with van der Waals surface area (Å²) in [5.41, 5.74) is 1.43. The van der Waals surface area contributed by atoms with Crippen molar-refractivity contribution < 1.29 is 18.0 Å². The van der Waals surface area contributed by atoms with Crippen molar-refractivity contribution in [3.63, 3.8) is 0 Å². The van der Waals surface area contributed by atoms with Gasteiger partial charge < -0.3 is 4.90 Å². The molecule has 0 unspecified atom stereocenters. The van der Waals surface area contributed by atoms with Crippen LogP contribution >= 0.6 is 23.2 Å². The molecule has 1 amide bonds. The minimum absolute atomic E-state index is 0.139. The van der Waals surface area contributed by atoms with Gasteiger partial charge in [0.1, 0.15) is 5.71 Å². The zero-order valence-corrected chi connectivity index (χ0v) is 16.8. The molecule has 1 aliphatic rings. The maximum absolute atomic E-state index is 13.1. The van der Waals surface area contributed by atoms with Crippen LogP contribution in [0.4, 0.5) is 24.5 Å². The highest BCUT2D eigenvalue weighted by molar-refractivity contribution is 6.54. The lowest BCUT2D eigenvalue weighted by Gasteiger charge is -2.18. The minimum Gasteiger partial charge on any atom is -0.302 e. The zero-order valence-electron chi connectivity index (χ0n) is 15.3. The standard InChI is InChI=1S/C22H13Cl2F3N2O/c23-17-5-3-6-18(24)16(17)12-29-19-7-2-1-4-15(19)20(21(29)30)28-14-10-8-13(9-11-14)22(25,26)27/h1-11H,12H2. The number of alkyl halides is 3. The van der Waals surface area contributed by atoms with E-state index in [9.17, 15) is 18.0 Å². The Labute approximate surface area is 180 Å². The van der Waals surface area contributed by atoms with Gasteiger partial charge in [0.05, 0.1) is 23.5 Å². The smallest absolute Gasteiger partial charge is 0.302 e. The topological polar surface area (TPSA) is 32.7 Å². The van der Waals surface area contributed by atoms with E-state index in [4.69, 9.17) is 23.2 Å². The highest BCUT2D eigenvalue weighted by Crippen LogP contribution is 2.35. The Morgan fingerprint density at radius 3 is 2.13 bits per heavy atom. The maximum Gasteiger partial charge on any atom is 0.416 e. The van der Waals surface area contributed by atoms with E-state index in [1.165, 1.54) is 17.0 Å². The first-order valence-corrected chi connectivity index (χ1v) is 9.61. The molecule has 0 aromatic heterocycles. The molecule has 0 bridgehead atoms. The van der Waals surface area contributed by atoms with Crippen LogP contribution in [0.5, 0.6) is 0 Å². The number of fused-ring (bicyclic) bond motifs is 1. The van der Waals surface area contributed by atoms with E-state index in [2.05, 4.69) is 4.99 Å². The number of rotatable bonds is 3. The van der Waals surface area contributed by atoms with E-state index in [0.29, 0.717) is 26.9 Å². The molecule has 0 radical (unpaired) electrons. The van der Waals surface area contributed by atoms with Crippen LogP contribution in [0.3, 0.4) is 0 Å². The first kappa shape index (κ1) is 20.4. The van der Waals surface area contributed by atoms with Crippen molar-refractivity contribution in [1.82, 2.24) is 0 Å². The normalized spacial score (nSPS) is 15.0. The van der Waals surface area contributed by atoms with E-state index in [1.807, 2.05) is 0 Å². The molecule has 30 heavy (non-hydrogen) atoms. The third-order valence-corrected chi connectivity index (χ3v) is 5.42. The summed E-state index contributed by atoms with van der Waals surface area (Å²) < 4.78 is 38.4. The molecule has 0 atom stereocenters. The lowest BCUT2D eigenvalue weighted by atomic mass is 10.1. The van der Waals surface area contributed by atoms with Crippen LogP contribution < -0.4 is 4.90 Å². The summed E-state index contributed by atoms with van der Waals surface area (Å²) >= 11 is 12.5. The second kappa shape index (κ2) is 7.78. The molecule has 0 spiro atoms. The Morgan fingerprint density at radius 2 is 1.50 bits per heavy atom. The molecule has 152 valence electrons. The van der Waals surface area contributed by atoms with E-state index >= 15 is 0 Å². The summed E-state index contributed by atoms with van der Waals surface area (Å²) in [6.07, 6.45) is -4.44. The predicted molar refractivity (Wildman–Crippen MR) is 112 cm³/mol. The summed E-state index contributed by atoms with van der Waals surface area (Å²) in [6, 6.07) is 16.5. The fourth-order valence-corrected chi connectivity index (χ4v) is 3.74. The second-order valence-electron chi connectivity index (χ2n) is 6.61. The molecular formula is C22H13Cl2F3N2O. The van der Waals surface area contributed by atoms with Crippen LogP contribution in [-0.2, 0) is 17.5 Å². The van der Waals surface area contributed by atoms with Gasteiger partial charge in [-0.25, -0.2) is 4.99 Å². The lowest BCUT2D eigenvalue weighted by molar-refractivity contribution is -0.137. The molecule has 0 N–H and O–H groups in total. The molecule has 0 aliphatic carbocycles. The molecule has 0 saturated carbocycles. The van der Waals surface area contributed by atoms with Crippen LogP contribution in [0.15, 0.2) is 71.7 Å². The van der Waals surface area contributed by atoms with Gasteiger partial charge >= 0.3 is 6.18 Å². The van der Waals surface area contributed by atoms with Crippen LogP contribution in [0.2, 0.25) is 10.0 Å². The number of benzene rings is 3. The van der Waals surface area contributed by atoms with Crippen molar-refractivity contribution in [2.45, 2.75) is 12.7 Å². The maximum atomic E-state index is 13.1. The number of carbonyl (C=O) groups excluding carboxylic acids is 1. The minimum atomic E-state index is -4.44. The van der Waals surface area contributed by atoms with Crippen LogP contribution in [0.25, 0.3) is 0 Å². The fraction of sp³-hybridized carbons (Fsp3) is 0.0909. The summed E-state index contributed by atoms with van der Waals surface area (Å²) in [7, 11) is 0. The van der Waals surface area contributed by atoms with Gasteiger partial charge in [-0.15, -0.1) is 0 Å². The van der Waals surface area contributed by atoms with Gasteiger partial charge in [-0.1, -0.05) is 47.5 Å². The average molecular weight is 449 g/mol. The molecule has 4 rings (SSSR count). The Kier molecular flexibility index (Phi) is 5.30. The van der Waals surface area contributed by atoms with Crippen molar-refractivity contribution in [3.8, 4) is 0 Å². The molecular weight excluding hydrogens is 436 g/mol. The van der Waals surface area contributed by atoms with Gasteiger partial charge in [-0.05, 0) is 42.5 Å². The number of nitrogens with zero attached hydrogens (tertiary/aromatic N) is 2. The van der Waals surface area contributed by atoms with Gasteiger partial charge in [0.15, 0.2) is 0 Å². The monoisotopic (exact) mass is 448 g/mol. The van der Waals surface area contributed by atoms with E-state index in [0.717, 1.165) is 12.1 Å². The van der Waals surface area contributed by atoms with Crippen LogP contribution in [-0.4, -0.2) is 11.6 Å². The molecule has 3 aromatic carbocycles. The Hall–Kier alpha value is -2.83. The Balaban J connectivity index is 1.72. The van der Waals surface area contributed by atoms with Gasteiger partial charge in [-0.2, -0.15) is 13.2 Å². The van der Waals surface area contributed by atoms with Gasteiger partial charge in [0, 0.05) is 21.2 Å². The summed E-state index contributed by atoms with van der Waals surface area (Å²) in [4.78, 5) is 19.0. The number of amides is 1. The molecule has 0 saturated heterocycles. The summed E-state index contributed by atoms with van der Waals surface area (Å²) in [5.74, 6) is -0.382. The van der Waals surface area contributed by atoms with Crippen LogP contribution in [0.1, 0.15) is 16.7 Å². The second-order valence-corrected chi connectivity index (χ2v) is 7.43. The van der Waals surface area contributed by atoms with Crippen molar-refractivity contribution >= 4 is 46.2 Å². The number of aliphatic imine (C=N–C) groups is 1. The van der Waals surface area contributed by atoms with Gasteiger partial charge in [0.2, 0.25) is 0 Å². The van der Waals surface area contributed by atoms with E-state index in [-0.39, 0.29) is 23.9 Å². The first-order chi connectivity index (χ1) is 14.3. The molecule has 3 aromatic rings. The van der Waals surface area contributed by atoms with Crippen molar-refractivity contribution in [3.05, 3.63) is 93.5 Å². The van der Waals surface area contributed by atoms with Gasteiger partial charge in [-0.3, -0.25) is 4.79 Å². The molecule has 0 fully saturated rings. The number of hydrogen-bond donors (Lipinski definition) is 0. The molecule has 1 heterocycles. The number of carbonyl (C=O) groups is 1. The molecule has 3 nitrogen and oxygen atoms in total. The zero-order chi connectivity index (χ0) is 21.5. The molecule has 1 aliphatic heterocycles. The highest BCUT2D eigenvalue weighted by atomic mass is 35.5. The van der Waals surface area contributed by atoms with Crippen LogP contribution in [0, 0.1) is 0 Å². The fourth-order valence-electron chi connectivity index (χ4n) is 3.22. The number of halogens is 5. The van der Waals surface area contributed by atoms with Gasteiger partial charge in [0.25, 0.3) is 5.91 Å². The van der Waals surface area contributed by atoms with E-state index in [1.54, 1.807) is 42.5 Å². The van der Waals surface area contributed by atoms with Crippen molar-refractivity contribution in [1.29, 1.82) is 0 Å². The third kappa shape index (κ3) is 3.80. The number of anilines is 1.